The molecule has 0 aliphatic rings. The Morgan fingerprint density at radius 2 is 2.13 bits per heavy atom. The second kappa shape index (κ2) is 5.75. The molecule has 15 heavy (non-hydrogen) atoms. The number of aliphatic hydroxyl groups is 1. The molecule has 0 spiro atoms. The maximum Gasteiger partial charge on any atom is 0.338 e. The first kappa shape index (κ1) is 11.2. The van der Waals surface area contributed by atoms with Crippen LogP contribution in [0, 0.1) is 0 Å². The Labute approximate surface area is 86.8 Å². The van der Waals surface area contributed by atoms with Crippen LogP contribution in [0.25, 0.3) is 0 Å². The minimum Gasteiger partial charge on any atom is -0.459 e. The first-order chi connectivity index (χ1) is 7.24. The first-order valence-electron chi connectivity index (χ1n) is 4.35. The zero-order chi connectivity index (χ0) is 11.1. The van der Waals surface area contributed by atoms with E-state index >= 15 is 0 Å². The van der Waals surface area contributed by atoms with Crippen molar-refractivity contribution in [2.24, 2.45) is 0 Å². The SMILES string of the molecule is O=C=CC(O)COC(=O)c1ccccc1. The van der Waals surface area contributed by atoms with Gasteiger partial charge in [0.15, 0.2) is 0 Å². The highest BCUT2D eigenvalue weighted by atomic mass is 16.5. The van der Waals surface area contributed by atoms with Gasteiger partial charge in [0.25, 0.3) is 0 Å². The molecule has 1 N–H and O–H groups in total. The Morgan fingerprint density at radius 3 is 2.73 bits per heavy atom. The summed E-state index contributed by atoms with van der Waals surface area (Å²) < 4.78 is 4.74. The molecule has 0 saturated heterocycles. The molecule has 0 aromatic heterocycles. The molecule has 4 nitrogen and oxygen atoms in total. The summed E-state index contributed by atoms with van der Waals surface area (Å²) in [6.45, 7) is -0.247. The van der Waals surface area contributed by atoms with E-state index in [4.69, 9.17) is 9.84 Å². The van der Waals surface area contributed by atoms with Gasteiger partial charge in [-0.1, -0.05) is 18.2 Å². The summed E-state index contributed by atoms with van der Waals surface area (Å²) in [6.07, 6.45) is -0.215. The number of carbonyl (C=O) groups excluding carboxylic acids is 2. The largest absolute Gasteiger partial charge is 0.459 e. The second-order valence-corrected chi connectivity index (χ2v) is 2.82. The van der Waals surface area contributed by atoms with Crippen molar-refractivity contribution in [2.75, 3.05) is 6.61 Å². The van der Waals surface area contributed by atoms with E-state index < -0.39 is 12.1 Å². The highest BCUT2D eigenvalue weighted by molar-refractivity contribution is 5.89. The third-order valence-corrected chi connectivity index (χ3v) is 1.66. The highest BCUT2D eigenvalue weighted by Gasteiger charge is 2.08. The minimum atomic E-state index is -1.10. The summed E-state index contributed by atoms with van der Waals surface area (Å²) in [7, 11) is 0. The van der Waals surface area contributed by atoms with Crippen LogP contribution >= 0.6 is 0 Å². The molecule has 0 aliphatic carbocycles. The Morgan fingerprint density at radius 1 is 1.47 bits per heavy atom. The van der Waals surface area contributed by atoms with Gasteiger partial charge in [-0.3, -0.25) is 0 Å². The first-order valence-corrected chi connectivity index (χ1v) is 4.35. The molecule has 0 heterocycles. The van der Waals surface area contributed by atoms with Gasteiger partial charge in [0.05, 0.1) is 5.56 Å². The van der Waals surface area contributed by atoms with Crippen molar-refractivity contribution in [1.29, 1.82) is 0 Å². The van der Waals surface area contributed by atoms with Crippen molar-refractivity contribution in [3.8, 4) is 0 Å². The zero-order valence-corrected chi connectivity index (χ0v) is 7.92. The van der Waals surface area contributed by atoms with Gasteiger partial charge >= 0.3 is 5.97 Å². The Balaban J connectivity index is 2.47. The van der Waals surface area contributed by atoms with E-state index in [-0.39, 0.29) is 6.61 Å². The summed E-state index contributed by atoms with van der Waals surface area (Å²) in [5.41, 5.74) is 0.403. The number of benzene rings is 1. The Hall–Kier alpha value is -1.90. The van der Waals surface area contributed by atoms with E-state index in [0.29, 0.717) is 5.56 Å². The summed E-state index contributed by atoms with van der Waals surface area (Å²) in [5.74, 6) is 0.881. The normalized spacial score (nSPS) is 11.3. The van der Waals surface area contributed by atoms with Gasteiger partial charge in [-0.25, -0.2) is 9.59 Å². The van der Waals surface area contributed by atoms with Crippen molar-refractivity contribution in [1.82, 2.24) is 0 Å². The molecule has 1 aromatic carbocycles. The van der Waals surface area contributed by atoms with Gasteiger partial charge in [0.2, 0.25) is 0 Å². The van der Waals surface area contributed by atoms with Crippen LogP contribution in [0.3, 0.4) is 0 Å². The van der Waals surface area contributed by atoms with Crippen LogP contribution in [0.4, 0.5) is 0 Å². The molecule has 0 bridgehead atoms. The lowest BCUT2D eigenvalue weighted by atomic mass is 10.2. The third kappa shape index (κ3) is 3.77. The van der Waals surface area contributed by atoms with Crippen molar-refractivity contribution < 1.29 is 19.4 Å². The van der Waals surface area contributed by atoms with Crippen molar-refractivity contribution in [3.63, 3.8) is 0 Å². The van der Waals surface area contributed by atoms with Crippen molar-refractivity contribution in [3.05, 3.63) is 42.0 Å². The number of rotatable bonds is 4. The van der Waals surface area contributed by atoms with Gasteiger partial charge in [0.1, 0.15) is 18.7 Å². The molecule has 0 fully saturated rings. The molecule has 0 aliphatic heterocycles. The van der Waals surface area contributed by atoms with Gasteiger partial charge in [0, 0.05) is 6.08 Å². The summed E-state index contributed by atoms with van der Waals surface area (Å²) in [4.78, 5) is 21.2. The smallest absolute Gasteiger partial charge is 0.338 e. The quantitative estimate of drug-likeness (QED) is 0.578. The van der Waals surface area contributed by atoms with E-state index in [2.05, 4.69) is 0 Å². The molecular formula is C11H10O4. The van der Waals surface area contributed by atoms with Gasteiger partial charge < -0.3 is 9.84 Å². The fraction of sp³-hybridized carbons (Fsp3) is 0.182. The minimum absolute atomic E-state index is 0.247. The molecule has 0 saturated carbocycles. The van der Waals surface area contributed by atoms with Crippen LogP contribution < -0.4 is 0 Å². The van der Waals surface area contributed by atoms with Crippen LogP contribution in [-0.4, -0.2) is 29.7 Å². The van der Waals surface area contributed by atoms with Crippen LogP contribution in [0.2, 0.25) is 0 Å². The lowest BCUT2D eigenvalue weighted by Gasteiger charge is -2.05. The summed E-state index contributed by atoms with van der Waals surface area (Å²) in [5, 5.41) is 9.05. The van der Waals surface area contributed by atoms with Crippen LogP contribution in [0.15, 0.2) is 36.4 Å². The molecule has 1 aromatic rings. The van der Waals surface area contributed by atoms with E-state index in [1.165, 1.54) is 5.94 Å². The van der Waals surface area contributed by atoms with Gasteiger partial charge in [-0.15, -0.1) is 0 Å². The highest BCUT2D eigenvalue weighted by Crippen LogP contribution is 2.01. The molecule has 0 amide bonds. The third-order valence-electron chi connectivity index (χ3n) is 1.66. The molecular weight excluding hydrogens is 196 g/mol. The van der Waals surface area contributed by atoms with Crippen molar-refractivity contribution in [2.45, 2.75) is 6.10 Å². The maximum absolute atomic E-state index is 11.3. The standard InChI is InChI=1S/C11H10O4/c12-7-6-10(13)8-15-11(14)9-4-2-1-3-5-9/h1-6,10,13H,8H2. The zero-order valence-electron chi connectivity index (χ0n) is 7.92. The lowest BCUT2D eigenvalue weighted by Crippen LogP contribution is -2.16. The van der Waals surface area contributed by atoms with Crippen LogP contribution in [0.5, 0.6) is 0 Å². The molecule has 1 unspecified atom stereocenters. The number of hydrogen-bond acceptors (Lipinski definition) is 4. The fourth-order valence-corrected chi connectivity index (χ4v) is 0.945. The molecule has 0 radical (unpaired) electrons. The van der Waals surface area contributed by atoms with Crippen molar-refractivity contribution >= 4 is 11.9 Å². The predicted octanol–water partition coefficient (Wildman–Crippen LogP) is 0.592. The average Bonchev–Trinajstić information content (AvgIpc) is 2.27. The van der Waals surface area contributed by atoms with Gasteiger partial charge in [-0.05, 0) is 12.1 Å². The molecule has 1 rings (SSSR count). The number of aliphatic hydroxyl groups excluding tert-OH is 1. The summed E-state index contributed by atoms with van der Waals surface area (Å²) in [6, 6.07) is 8.39. The number of ether oxygens (including phenoxy) is 1. The van der Waals surface area contributed by atoms with E-state index in [1.807, 2.05) is 0 Å². The molecule has 4 heteroatoms. The number of hydrogen-bond donors (Lipinski definition) is 1. The Bertz CT molecular complexity index is 365. The topological polar surface area (TPSA) is 63.6 Å². The lowest BCUT2D eigenvalue weighted by molar-refractivity contribution is 0.0346. The molecule has 1 atom stereocenters. The van der Waals surface area contributed by atoms with E-state index in [9.17, 15) is 9.59 Å². The monoisotopic (exact) mass is 206 g/mol. The second-order valence-electron chi connectivity index (χ2n) is 2.82. The summed E-state index contributed by atoms with van der Waals surface area (Å²) >= 11 is 0. The Kier molecular flexibility index (Phi) is 4.29. The van der Waals surface area contributed by atoms with E-state index in [0.717, 1.165) is 6.08 Å². The number of carbonyl (C=O) groups is 1. The predicted molar refractivity (Wildman–Crippen MR) is 53.0 cm³/mol. The maximum atomic E-state index is 11.3. The average molecular weight is 206 g/mol. The fourth-order valence-electron chi connectivity index (χ4n) is 0.945. The number of esters is 1. The van der Waals surface area contributed by atoms with Crippen LogP contribution in [0.1, 0.15) is 10.4 Å². The van der Waals surface area contributed by atoms with Crippen LogP contribution in [-0.2, 0) is 9.53 Å². The van der Waals surface area contributed by atoms with Gasteiger partial charge in [-0.2, -0.15) is 0 Å². The molecule has 78 valence electrons. The van der Waals surface area contributed by atoms with E-state index in [1.54, 1.807) is 30.3 Å².